The summed E-state index contributed by atoms with van der Waals surface area (Å²) in [7, 11) is -3.79. The molecule has 2 aromatic carbocycles. The maximum absolute atomic E-state index is 13.6. The summed E-state index contributed by atoms with van der Waals surface area (Å²) in [6, 6.07) is 9.42. The molecule has 0 saturated heterocycles. The fourth-order valence-electron chi connectivity index (χ4n) is 3.72. The molecule has 0 radical (unpaired) electrons. The quantitative estimate of drug-likeness (QED) is 0.498. The Morgan fingerprint density at radius 2 is 1.74 bits per heavy atom. The van der Waals surface area contributed by atoms with Crippen LogP contribution < -0.4 is 9.62 Å². The Balaban J connectivity index is 2.50. The summed E-state index contributed by atoms with van der Waals surface area (Å²) in [5, 5.41) is 3.55. The molecule has 7 nitrogen and oxygen atoms in total. The lowest BCUT2D eigenvalue weighted by atomic mass is 10.1. The molecule has 34 heavy (non-hydrogen) atoms. The van der Waals surface area contributed by atoms with Gasteiger partial charge in [-0.2, -0.15) is 0 Å². The molecule has 0 fully saturated rings. The number of halogens is 2. The van der Waals surface area contributed by atoms with Crippen LogP contribution in [0, 0.1) is 13.8 Å². The first-order valence-corrected chi connectivity index (χ1v) is 13.6. The molecule has 186 valence electrons. The van der Waals surface area contributed by atoms with Gasteiger partial charge in [-0.05, 0) is 56.5 Å². The lowest BCUT2D eigenvalue weighted by Crippen LogP contribution is -2.52. The molecule has 0 aliphatic rings. The Hall–Kier alpha value is -2.29. The van der Waals surface area contributed by atoms with Gasteiger partial charge in [0.2, 0.25) is 21.8 Å². The number of anilines is 1. The van der Waals surface area contributed by atoms with Crippen molar-refractivity contribution in [1.82, 2.24) is 10.2 Å². The van der Waals surface area contributed by atoms with E-state index in [2.05, 4.69) is 5.32 Å². The Labute approximate surface area is 212 Å². The predicted molar refractivity (Wildman–Crippen MR) is 138 cm³/mol. The van der Waals surface area contributed by atoms with Crippen molar-refractivity contribution in [3.63, 3.8) is 0 Å². The molecule has 1 N–H and O–H groups in total. The third-order valence-electron chi connectivity index (χ3n) is 5.39. The van der Waals surface area contributed by atoms with E-state index < -0.39 is 28.5 Å². The SMILES string of the molecule is CCNC(=O)C(CC)N(Cc1ccc(Cl)cc1Cl)C(=O)CN(c1ccc(C)cc1C)S(C)(=O)=O. The maximum Gasteiger partial charge on any atom is 0.244 e. The first kappa shape index (κ1) is 28.0. The van der Waals surface area contributed by atoms with Crippen molar-refractivity contribution in [2.45, 2.75) is 46.7 Å². The van der Waals surface area contributed by atoms with Gasteiger partial charge in [-0.3, -0.25) is 13.9 Å². The normalized spacial score (nSPS) is 12.2. The monoisotopic (exact) mass is 527 g/mol. The minimum atomic E-state index is -3.79. The Kier molecular flexibility index (Phi) is 9.79. The van der Waals surface area contributed by atoms with Crippen LogP contribution in [-0.2, 0) is 26.2 Å². The van der Waals surface area contributed by atoms with Crippen molar-refractivity contribution in [2.75, 3.05) is 23.7 Å². The van der Waals surface area contributed by atoms with Gasteiger partial charge < -0.3 is 10.2 Å². The van der Waals surface area contributed by atoms with Gasteiger partial charge in [0.25, 0.3) is 0 Å². The summed E-state index contributed by atoms with van der Waals surface area (Å²) in [5.74, 6) is -0.838. The molecule has 0 aliphatic heterocycles. The third kappa shape index (κ3) is 7.10. The second-order valence-electron chi connectivity index (χ2n) is 8.14. The zero-order valence-electron chi connectivity index (χ0n) is 20.1. The van der Waals surface area contributed by atoms with Crippen molar-refractivity contribution in [1.29, 1.82) is 0 Å². The van der Waals surface area contributed by atoms with Gasteiger partial charge in [0.05, 0.1) is 11.9 Å². The van der Waals surface area contributed by atoms with Gasteiger partial charge in [0, 0.05) is 23.1 Å². The molecule has 1 unspecified atom stereocenters. The highest BCUT2D eigenvalue weighted by Crippen LogP contribution is 2.26. The highest BCUT2D eigenvalue weighted by atomic mass is 35.5. The van der Waals surface area contributed by atoms with Crippen LogP contribution in [0.1, 0.15) is 37.0 Å². The van der Waals surface area contributed by atoms with E-state index in [-0.39, 0.29) is 12.5 Å². The fraction of sp³-hybridized carbons (Fsp3) is 0.417. The summed E-state index contributed by atoms with van der Waals surface area (Å²) in [4.78, 5) is 27.8. The van der Waals surface area contributed by atoms with Crippen molar-refractivity contribution in [2.24, 2.45) is 0 Å². The van der Waals surface area contributed by atoms with Gasteiger partial charge in [0.1, 0.15) is 12.6 Å². The molecule has 2 amide bonds. The highest BCUT2D eigenvalue weighted by molar-refractivity contribution is 7.92. The van der Waals surface area contributed by atoms with Crippen LogP contribution in [0.4, 0.5) is 5.69 Å². The minimum absolute atomic E-state index is 0.0228. The van der Waals surface area contributed by atoms with E-state index in [9.17, 15) is 18.0 Å². The second kappa shape index (κ2) is 11.9. The molecule has 0 bridgehead atoms. The Bertz CT molecular complexity index is 1150. The number of carbonyl (C=O) groups is 2. The number of sulfonamides is 1. The van der Waals surface area contributed by atoms with E-state index in [0.717, 1.165) is 21.7 Å². The molecule has 0 heterocycles. The van der Waals surface area contributed by atoms with E-state index in [0.29, 0.717) is 34.3 Å². The lowest BCUT2D eigenvalue weighted by Gasteiger charge is -2.33. The third-order valence-corrected chi connectivity index (χ3v) is 7.11. The largest absolute Gasteiger partial charge is 0.355 e. The van der Waals surface area contributed by atoms with Crippen LogP contribution in [-0.4, -0.2) is 50.5 Å². The van der Waals surface area contributed by atoms with Gasteiger partial charge in [-0.25, -0.2) is 8.42 Å². The van der Waals surface area contributed by atoms with Gasteiger partial charge in [-0.15, -0.1) is 0 Å². The fourth-order valence-corrected chi connectivity index (χ4v) is 5.10. The van der Waals surface area contributed by atoms with E-state index in [1.165, 1.54) is 4.90 Å². The Morgan fingerprint density at radius 1 is 1.06 bits per heavy atom. The van der Waals surface area contributed by atoms with Crippen molar-refractivity contribution in [3.05, 3.63) is 63.1 Å². The number of carbonyl (C=O) groups excluding carboxylic acids is 2. The maximum atomic E-state index is 13.6. The number of aryl methyl sites for hydroxylation is 2. The average Bonchev–Trinajstić information content (AvgIpc) is 2.73. The van der Waals surface area contributed by atoms with Crippen LogP contribution in [0.3, 0.4) is 0 Å². The van der Waals surface area contributed by atoms with Gasteiger partial charge in [0.15, 0.2) is 0 Å². The molecular formula is C24H31Cl2N3O4S. The van der Waals surface area contributed by atoms with E-state index in [1.54, 1.807) is 51.1 Å². The van der Waals surface area contributed by atoms with Gasteiger partial charge in [-0.1, -0.05) is 53.9 Å². The first-order valence-electron chi connectivity index (χ1n) is 10.9. The van der Waals surface area contributed by atoms with Crippen LogP contribution >= 0.6 is 23.2 Å². The summed E-state index contributed by atoms with van der Waals surface area (Å²) < 4.78 is 26.5. The summed E-state index contributed by atoms with van der Waals surface area (Å²) >= 11 is 12.4. The number of hydrogen-bond acceptors (Lipinski definition) is 4. The van der Waals surface area contributed by atoms with E-state index in [4.69, 9.17) is 23.2 Å². The van der Waals surface area contributed by atoms with Crippen LogP contribution in [0.2, 0.25) is 10.0 Å². The van der Waals surface area contributed by atoms with Crippen molar-refractivity contribution < 1.29 is 18.0 Å². The second-order valence-corrected chi connectivity index (χ2v) is 10.9. The molecule has 0 spiro atoms. The number of hydrogen-bond donors (Lipinski definition) is 1. The van der Waals surface area contributed by atoms with E-state index in [1.807, 2.05) is 13.0 Å². The summed E-state index contributed by atoms with van der Waals surface area (Å²) in [6.07, 6.45) is 1.40. The smallest absolute Gasteiger partial charge is 0.244 e. The summed E-state index contributed by atoms with van der Waals surface area (Å²) in [6.45, 7) is 7.25. The molecular weight excluding hydrogens is 497 g/mol. The molecule has 0 saturated carbocycles. The average molecular weight is 529 g/mol. The molecule has 1 atom stereocenters. The number of rotatable bonds is 10. The Morgan fingerprint density at radius 3 is 2.26 bits per heavy atom. The van der Waals surface area contributed by atoms with Gasteiger partial charge >= 0.3 is 0 Å². The predicted octanol–water partition coefficient (Wildman–Crippen LogP) is 4.32. The number of likely N-dealkylation sites (N-methyl/N-ethyl adjacent to an activating group) is 1. The molecule has 2 aromatic rings. The zero-order chi connectivity index (χ0) is 25.6. The number of nitrogens with zero attached hydrogens (tertiary/aromatic N) is 2. The highest BCUT2D eigenvalue weighted by Gasteiger charge is 2.32. The first-order chi connectivity index (χ1) is 15.9. The van der Waals surface area contributed by atoms with Crippen LogP contribution in [0.15, 0.2) is 36.4 Å². The number of nitrogens with one attached hydrogen (secondary N) is 1. The molecule has 2 rings (SSSR count). The van der Waals surface area contributed by atoms with Crippen molar-refractivity contribution >= 4 is 50.7 Å². The summed E-state index contributed by atoms with van der Waals surface area (Å²) in [5.41, 5.74) is 2.71. The van der Waals surface area contributed by atoms with E-state index >= 15 is 0 Å². The zero-order valence-corrected chi connectivity index (χ0v) is 22.4. The lowest BCUT2D eigenvalue weighted by molar-refractivity contribution is -0.140. The molecule has 0 aromatic heterocycles. The van der Waals surface area contributed by atoms with Crippen LogP contribution in [0.25, 0.3) is 0 Å². The molecule has 0 aliphatic carbocycles. The molecule has 10 heteroatoms. The standard InChI is InChI=1S/C24H31Cl2N3O4S/c1-6-21(24(31)27-7-2)28(14-18-9-10-19(25)13-20(18)26)23(30)15-29(34(5,32)33)22-11-8-16(3)12-17(22)4/h8-13,21H,6-7,14-15H2,1-5H3,(H,27,31). The minimum Gasteiger partial charge on any atom is -0.355 e. The van der Waals surface area contributed by atoms with Crippen molar-refractivity contribution in [3.8, 4) is 0 Å². The topological polar surface area (TPSA) is 86.8 Å². The number of benzene rings is 2. The number of amides is 2. The van der Waals surface area contributed by atoms with Crippen LogP contribution in [0.5, 0.6) is 0 Å².